The van der Waals surface area contributed by atoms with Crippen LogP contribution in [0.2, 0.25) is 0 Å². The topological polar surface area (TPSA) is 47.3 Å². The van der Waals surface area contributed by atoms with Gasteiger partial charge in [-0.2, -0.15) is 5.26 Å². The summed E-state index contributed by atoms with van der Waals surface area (Å²) >= 11 is 0. The maximum absolute atomic E-state index is 12.5. The first-order valence-corrected chi connectivity index (χ1v) is 6.50. The van der Waals surface area contributed by atoms with Crippen molar-refractivity contribution in [2.75, 3.05) is 26.7 Å². The van der Waals surface area contributed by atoms with E-state index < -0.39 is 5.41 Å². The summed E-state index contributed by atoms with van der Waals surface area (Å²) < 4.78 is 0. The van der Waals surface area contributed by atoms with Crippen LogP contribution < -0.4 is 0 Å². The molecule has 0 aromatic rings. The third-order valence-corrected chi connectivity index (χ3v) is 4.14. The number of hydrogen-bond donors (Lipinski definition) is 0. The van der Waals surface area contributed by atoms with E-state index in [1.807, 2.05) is 4.90 Å². The molecule has 1 saturated heterocycles. The van der Waals surface area contributed by atoms with E-state index in [-0.39, 0.29) is 11.9 Å². The molecule has 0 aromatic heterocycles. The molecule has 0 N–H and O–H groups in total. The SMILES string of the molecule is CC1CN(C)CCCN1C(=O)C1(C#N)CCC1. The highest BCUT2D eigenvalue weighted by Gasteiger charge is 2.47. The first-order chi connectivity index (χ1) is 8.09. The number of likely N-dealkylation sites (N-methyl/N-ethyl adjacent to an activating group) is 1. The third kappa shape index (κ3) is 2.16. The van der Waals surface area contributed by atoms with Gasteiger partial charge in [0, 0.05) is 19.1 Å². The summed E-state index contributed by atoms with van der Waals surface area (Å²) in [6, 6.07) is 2.48. The van der Waals surface area contributed by atoms with E-state index in [0.29, 0.717) is 0 Å². The highest BCUT2D eigenvalue weighted by molar-refractivity contribution is 5.86. The van der Waals surface area contributed by atoms with Gasteiger partial charge in [-0.15, -0.1) is 0 Å². The lowest BCUT2D eigenvalue weighted by Crippen LogP contribution is -2.51. The van der Waals surface area contributed by atoms with Crippen molar-refractivity contribution in [3.8, 4) is 6.07 Å². The zero-order valence-electron chi connectivity index (χ0n) is 10.8. The van der Waals surface area contributed by atoms with E-state index in [1.54, 1.807) is 0 Å². The van der Waals surface area contributed by atoms with Crippen LogP contribution in [0.5, 0.6) is 0 Å². The molecule has 2 fully saturated rings. The maximum atomic E-state index is 12.5. The van der Waals surface area contributed by atoms with Crippen LogP contribution in [0.15, 0.2) is 0 Å². The van der Waals surface area contributed by atoms with Crippen LogP contribution in [0, 0.1) is 16.7 Å². The second-order valence-electron chi connectivity index (χ2n) is 5.51. The summed E-state index contributed by atoms with van der Waals surface area (Å²) in [4.78, 5) is 16.7. The molecule has 1 heterocycles. The quantitative estimate of drug-likeness (QED) is 0.687. The van der Waals surface area contributed by atoms with Gasteiger partial charge in [0.2, 0.25) is 5.91 Å². The molecule has 0 radical (unpaired) electrons. The Kier molecular flexibility index (Phi) is 3.39. The minimum absolute atomic E-state index is 0.0778. The third-order valence-electron chi connectivity index (χ3n) is 4.14. The molecular weight excluding hydrogens is 214 g/mol. The number of amides is 1. The molecular formula is C13H21N3O. The molecule has 94 valence electrons. The van der Waals surface area contributed by atoms with Crippen molar-refractivity contribution < 1.29 is 4.79 Å². The van der Waals surface area contributed by atoms with Gasteiger partial charge in [-0.3, -0.25) is 4.79 Å². The van der Waals surface area contributed by atoms with Crippen LogP contribution >= 0.6 is 0 Å². The van der Waals surface area contributed by atoms with Crippen molar-refractivity contribution in [1.82, 2.24) is 9.80 Å². The molecule has 0 bridgehead atoms. The number of carbonyl (C=O) groups excluding carboxylic acids is 1. The van der Waals surface area contributed by atoms with E-state index >= 15 is 0 Å². The second kappa shape index (κ2) is 4.66. The summed E-state index contributed by atoms with van der Waals surface area (Å²) in [6.45, 7) is 4.83. The molecule has 1 aliphatic heterocycles. The summed E-state index contributed by atoms with van der Waals surface area (Å²) in [5.74, 6) is 0.0778. The number of nitrogens with zero attached hydrogens (tertiary/aromatic N) is 3. The standard InChI is InChI=1S/C13H21N3O/c1-11-9-15(2)7-4-8-16(11)12(17)13(10-14)5-3-6-13/h11H,3-9H2,1-2H3. The van der Waals surface area contributed by atoms with Crippen molar-refractivity contribution >= 4 is 5.91 Å². The summed E-state index contributed by atoms with van der Waals surface area (Å²) in [5, 5.41) is 9.24. The minimum Gasteiger partial charge on any atom is -0.337 e. The van der Waals surface area contributed by atoms with Crippen molar-refractivity contribution in [3.05, 3.63) is 0 Å². The number of nitriles is 1. The lowest BCUT2D eigenvalue weighted by atomic mass is 9.69. The van der Waals surface area contributed by atoms with Gasteiger partial charge in [-0.05, 0) is 46.2 Å². The van der Waals surface area contributed by atoms with Gasteiger partial charge in [-0.1, -0.05) is 0 Å². The Morgan fingerprint density at radius 3 is 2.59 bits per heavy atom. The first-order valence-electron chi connectivity index (χ1n) is 6.50. The molecule has 1 unspecified atom stereocenters. The van der Waals surface area contributed by atoms with Crippen LogP contribution in [0.3, 0.4) is 0 Å². The van der Waals surface area contributed by atoms with Crippen LogP contribution in [0.1, 0.15) is 32.6 Å². The monoisotopic (exact) mass is 235 g/mol. The zero-order valence-corrected chi connectivity index (χ0v) is 10.8. The summed E-state index contributed by atoms with van der Waals surface area (Å²) in [5.41, 5.74) is -0.683. The Hall–Kier alpha value is -1.08. The molecule has 2 aliphatic rings. The van der Waals surface area contributed by atoms with E-state index in [2.05, 4.69) is 24.9 Å². The molecule has 17 heavy (non-hydrogen) atoms. The van der Waals surface area contributed by atoms with E-state index in [1.165, 1.54) is 0 Å². The van der Waals surface area contributed by atoms with Gasteiger partial charge in [-0.25, -0.2) is 0 Å². The fourth-order valence-electron chi connectivity index (χ4n) is 2.85. The van der Waals surface area contributed by atoms with E-state index in [0.717, 1.165) is 45.3 Å². The van der Waals surface area contributed by atoms with Crippen LogP contribution in [0.25, 0.3) is 0 Å². The summed E-state index contributed by atoms with van der Waals surface area (Å²) in [7, 11) is 2.09. The number of rotatable bonds is 1. The van der Waals surface area contributed by atoms with Crippen molar-refractivity contribution in [3.63, 3.8) is 0 Å². The van der Waals surface area contributed by atoms with Crippen molar-refractivity contribution in [2.24, 2.45) is 5.41 Å². The molecule has 1 atom stereocenters. The maximum Gasteiger partial charge on any atom is 0.243 e. The molecule has 1 saturated carbocycles. The van der Waals surface area contributed by atoms with Gasteiger partial charge in [0.25, 0.3) is 0 Å². The second-order valence-corrected chi connectivity index (χ2v) is 5.51. The molecule has 1 amide bonds. The predicted molar refractivity (Wildman–Crippen MR) is 65.2 cm³/mol. The van der Waals surface area contributed by atoms with Crippen LogP contribution in [-0.4, -0.2) is 48.4 Å². The first kappa shape index (κ1) is 12.4. The molecule has 1 aliphatic carbocycles. The number of carbonyl (C=O) groups is 1. The largest absolute Gasteiger partial charge is 0.337 e. The van der Waals surface area contributed by atoms with E-state index in [4.69, 9.17) is 0 Å². The van der Waals surface area contributed by atoms with Gasteiger partial charge < -0.3 is 9.80 Å². The van der Waals surface area contributed by atoms with Crippen LogP contribution in [-0.2, 0) is 4.79 Å². The molecule has 4 heteroatoms. The molecule has 2 rings (SSSR count). The normalized spacial score (nSPS) is 29.0. The van der Waals surface area contributed by atoms with Gasteiger partial charge >= 0.3 is 0 Å². The Morgan fingerprint density at radius 2 is 2.06 bits per heavy atom. The lowest BCUT2D eigenvalue weighted by molar-refractivity contribution is -0.144. The molecule has 4 nitrogen and oxygen atoms in total. The average molecular weight is 235 g/mol. The minimum atomic E-state index is -0.683. The van der Waals surface area contributed by atoms with Crippen molar-refractivity contribution in [1.29, 1.82) is 5.26 Å². The Balaban J connectivity index is 2.10. The average Bonchev–Trinajstić information content (AvgIpc) is 2.38. The highest BCUT2D eigenvalue weighted by atomic mass is 16.2. The number of hydrogen-bond acceptors (Lipinski definition) is 3. The highest BCUT2D eigenvalue weighted by Crippen LogP contribution is 2.42. The predicted octanol–water partition coefficient (Wildman–Crippen LogP) is 1.23. The smallest absolute Gasteiger partial charge is 0.243 e. The van der Waals surface area contributed by atoms with E-state index in [9.17, 15) is 10.1 Å². The van der Waals surface area contributed by atoms with Crippen molar-refractivity contribution in [2.45, 2.75) is 38.6 Å². The fraction of sp³-hybridized carbons (Fsp3) is 0.846. The fourth-order valence-corrected chi connectivity index (χ4v) is 2.85. The van der Waals surface area contributed by atoms with Gasteiger partial charge in [0.15, 0.2) is 0 Å². The zero-order chi connectivity index (χ0) is 12.5. The molecule has 0 aromatic carbocycles. The summed E-state index contributed by atoms with van der Waals surface area (Å²) in [6.07, 6.45) is 3.53. The lowest BCUT2D eigenvalue weighted by Gasteiger charge is -2.40. The Morgan fingerprint density at radius 1 is 1.35 bits per heavy atom. The Labute approximate surface area is 103 Å². The van der Waals surface area contributed by atoms with Gasteiger partial charge in [0.05, 0.1) is 6.07 Å². The molecule has 0 spiro atoms. The van der Waals surface area contributed by atoms with Crippen LogP contribution in [0.4, 0.5) is 0 Å². The van der Waals surface area contributed by atoms with Gasteiger partial charge in [0.1, 0.15) is 5.41 Å². The Bertz CT molecular complexity index is 343.